The molecule has 0 aromatic heterocycles. The van der Waals surface area contributed by atoms with Gasteiger partial charge in [-0.3, -0.25) is 0 Å². The molecule has 7 aromatic carbocycles. The number of aryl methyl sites for hydroxylation is 2. The number of anilines is 6. The molecule has 382 valence electrons. The van der Waals surface area contributed by atoms with Gasteiger partial charge in [0.15, 0.2) is 0 Å². The summed E-state index contributed by atoms with van der Waals surface area (Å²) in [4.78, 5) is 4.98. The highest BCUT2D eigenvalue weighted by Gasteiger charge is 2.28. The number of benzene rings is 7. The van der Waals surface area contributed by atoms with Crippen LogP contribution >= 0.6 is 0 Å². The average Bonchev–Trinajstić information content (AvgIpc) is 3.33. The molecule has 0 aliphatic rings. The molecule has 0 radical (unpaired) electrons. The van der Waals surface area contributed by atoms with Crippen molar-refractivity contribution in [1.82, 2.24) is 0 Å². The molecule has 0 spiro atoms. The van der Waals surface area contributed by atoms with Gasteiger partial charge in [-0.2, -0.15) is 0 Å². The zero-order chi connectivity index (χ0) is 51.7. The number of nitrogens with zero attached hydrogens (tertiary/aromatic N) is 2. The molecule has 0 saturated heterocycles. The van der Waals surface area contributed by atoms with E-state index in [0.717, 1.165) is 83.5 Å². The summed E-state index contributed by atoms with van der Waals surface area (Å²) >= 11 is 0. The van der Waals surface area contributed by atoms with Crippen LogP contribution in [-0.4, -0.2) is 13.2 Å². The Kier molecular flexibility index (Phi) is 17.9. The number of fused-ring (bicyclic) bond motifs is 2. The van der Waals surface area contributed by atoms with Gasteiger partial charge >= 0.3 is 0 Å². The first-order valence-corrected chi connectivity index (χ1v) is 27.5. The lowest BCUT2D eigenvalue weighted by molar-refractivity contribution is 0.275. The molecule has 0 fully saturated rings. The fourth-order valence-electron chi connectivity index (χ4n) is 9.98. The number of hydrogen-bond acceptors (Lipinski definition) is 4. The van der Waals surface area contributed by atoms with Crippen molar-refractivity contribution < 1.29 is 9.47 Å². The van der Waals surface area contributed by atoms with E-state index in [2.05, 4.69) is 240 Å². The van der Waals surface area contributed by atoms with Gasteiger partial charge in [-0.1, -0.05) is 181 Å². The summed E-state index contributed by atoms with van der Waals surface area (Å²) in [6.07, 6.45) is 9.77. The van der Waals surface area contributed by atoms with E-state index in [1.807, 2.05) is 0 Å². The summed E-state index contributed by atoms with van der Waals surface area (Å²) in [5.74, 6) is 4.61. The van der Waals surface area contributed by atoms with Crippen molar-refractivity contribution in [3.05, 3.63) is 156 Å². The number of hydrogen-bond donors (Lipinski definition) is 0. The van der Waals surface area contributed by atoms with Crippen molar-refractivity contribution in [2.75, 3.05) is 23.0 Å². The third-order valence-electron chi connectivity index (χ3n) is 14.7. The third-order valence-corrected chi connectivity index (χ3v) is 14.7. The summed E-state index contributed by atoms with van der Waals surface area (Å²) in [7, 11) is 0. The normalized spacial score (nSPS) is 13.0. The Morgan fingerprint density at radius 2 is 0.694 bits per heavy atom. The molecule has 0 aliphatic carbocycles. The quantitative estimate of drug-likeness (QED) is 0.0499. The van der Waals surface area contributed by atoms with Gasteiger partial charge in [-0.25, -0.2) is 0 Å². The summed E-state index contributed by atoms with van der Waals surface area (Å²) in [6.45, 7) is 33.7. The second kappa shape index (κ2) is 23.9. The van der Waals surface area contributed by atoms with E-state index in [1.54, 1.807) is 0 Å². The minimum absolute atomic E-state index is 0.0887. The van der Waals surface area contributed by atoms with Crippen molar-refractivity contribution in [2.24, 2.45) is 23.7 Å². The monoisotopic (exact) mass is 965 g/mol. The molecule has 4 heteroatoms. The van der Waals surface area contributed by atoms with E-state index in [0.29, 0.717) is 11.8 Å². The van der Waals surface area contributed by atoms with Crippen LogP contribution in [0.2, 0.25) is 0 Å². The summed E-state index contributed by atoms with van der Waals surface area (Å²) in [5.41, 5.74) is 11.6. The van der Waals surface area contributed by atoms with Crippen LogP contribution in [0.5, 0.6) is 11.5 Å². The third kappa shape index (κ3) is 13.9. The topological polar surface area (TPSA) is 24.9 Å². The molecule has 0 aliphatic heterocycles. The van der Waals surface area contributed by atoms with Crippen LogP contribution in [-0.2, 0) is 10.8 Å². The maximum atomic E-state index is 6.46. The fourth-order valence-corrected chi connectivity index (χ4v) is 9.98. The van der Waals surface area contributed by atoms with Crippen LogP contribution in [0.15, 0.2) is 133 Å². The first kappa shape index (κ1) is 54.0. The van der Waals surface area contributed by atoms with Gasteiger partial charge in [0, 0.05) is 44.3 Å². The van der Waals surface area contributed by atoms with E-state index >= 15 is 0 Å². The Morgan fingerprint density at radius 3 is 1.00 bits per heavy atom. The van der Waals surface area contributed by atoms with Crippen molar-refractivity contribution >= 4 is 55.7 Å². The molecule has 2 unspecified atom stereocenters. The maximum absolute atomic E-state index is 6.46. The van der Waals surface area contributed by atoms with Crippen LogP contribution < -0.4 is 19.3 Å². The molecule has 4 nitrogen and oxygen atoms in total. The van der Waals surface area contributed by atoms with E-state index in [-0.39, 0.29) is 10.8 Å². The molecule has 7 aromatic rings. The lowest BCUT2D eigenvalue weighted by Crippen LogP contribution is -2.17. The Balaban J connectivity index is 1.41. The molecular weight excluding hydrogens is 877 g/mol. The minimum atomic E-state index is -0.0887. The smallest absolute Gasteiger partial charge is 0.119 e. The minimum Gasteiger partial charge on any atom is -0.494 e. The first-order chi connectivity index (χ1) is 34.3. The van der Waals surface area contributed by atoms with Gasteiger partial charge in [0.05, 0.1) is 24.6 Å². The summed E-state index contributed by atoms with van der Waals surface area (Å²) < 4.78 is 12.9. The van der Waals surface area contributed by atoms with Crippen molar-refractivity contribution in [1.29, 1.82) is 0 Å². The second-order valence-corrected chi connectivity index (χ2v) is 24.2. The second-order valence-electron chi connectivity index (χ2n) is 24.2. The van der Waals surface area contributed by atoms with Gasteiger partial charge in [-0.05, 0) is 157 Å². The molecular formula is C68H88N2O2. The van der Waals surface area contributed by atoms with Gasteiger partial charge < -0.3 is 19.3 Å². The number of rotatable bonds is 22. The Morgan fingerprint density at radius 1 is 0.375 bits per heavy atom. The standard InChI is InChI=1S/C68H88N2O2/c1-47(2)17-15-19-49(5)41-43-71-59-35-31-57(32-36-59)69(55-27-21-51(7)22-28-55)65-61-39-25-54(68(12,13)14)46-64(61)66(62-40-26-53(45-63(62)65)67(9,10)11)70(56-29-23-52(8)24-30-56)58-33-37-60(38-34-58)72-44-42-50(6)20-16-18-48(3)4/h21-40,45-50H,15-20,41-44H2,1-14H3. The lowest BCUT2D eigenvalue weighted by Gasteiger charge is -2.34. The van der Waals surface area contributed by atoms with Crippen LogP contribution in [0, 0.1) is 37.5 Å². The maximum Gasteiger partial charge on any atom is 0.119 e. The van der Waals surface area contributed by atoms with E-state index in [1.165, 1.54) is 82.3 Å². The van der Waals surface area contributed by atoms with Crippen LogP contribution in [0.4, 0.5) is 34.1 Å². The van der Waals surface area contributed by atoms with Crippen LogP contribution in [0.3, 0.4) is 0 Å². The van der Waals surface area contributed by atoms with Gasteiger partial charge in [0.2, 0.25) is 0 Å². The Hall–Kier alpha value is -5.74. The zero-order valence-electron chi connectivity index (χ0n) is 46.8. The van der Waals surface area contributed by atoms with Gasteiger partial charge in [0.1, 0.15) is 11.5 Å². The Labute approximate surface area is 436 Å². The average molecular weight is 965 g/mol. The van der Waals surface area contributed by atoms with E-state index in [9.17, 15) is 0 Å². The molecule has 0 amide bonds. The largest absolute Gasteiger partial charge is 0.494 e. The first-order valence-electron chi connectivity index (χ1n) is 27.5. The van der Waals surface area contributed by atoms with Crippen LogP contribution in [0.25, 0.3) is 21.5 Å². The highest BCUT2D eigenvalue weighted by molar-refractivity contribution is 6.23. The number of ether oxygens (including phenoxy) is 2. The molecule has 0 heterocycles. The highest BCUT2D eigenvalue weighted by atomic mass is 16.5. The summed E-state index contributed by atoms with van der Waals surface area (Å²) in [5, 5.41) is 4.76. The predicted octanol–water partition coefficient (Wildman–Crippen LogP) is 20.6. The van der Waals surface area contributed by atoms with Gasteiger partial charge in [-0.15, -0.1) is 0 Å². The molecule has 72 heavy (non-hydrogen) atoms. The van der Waals surface area contributed by atoms with Crippen molar-refractivity contribution in [2.45, 2.75) is 159 Å². The van der Waals surface area contributed by atoms with E-state index < -0.39 is 0 Å². The van der Waals surface area contributed by atoms with E-state index in [4.69, 9.17) is 9.47 Å². The lowest BCUT2D eigenvalue weighted by atomic mass is 9.82. The van der Waals surface area contributed by atoms with Gasteiger partial charge in [0.25, 0.3) is 0 Å². The zero-order valence-corrected chi connectivity index (χ0v) is 46.8. The Bertz CT molecular complexity index is 2610. The van der Waals surface area contributed by atoms with Crippen molar-refractivity contribution in [3.8, 4) is 11.5 Å². The molecule has 0 N–H and O–H groups in total. The SMILES string of the molecule is Cc1ccc(N(c2ccc(OCCC(C)CCCC(C)C)cc2)c2c3ccc(C(C)(C)C)cc3c(N(c3ccc(C)cc3)c3ccc(OCCC(C)CCCC(C)C)cc3)c3ccc(C(C)(C)C)cc23)cc1. The predicted molar refractivity (Wildman–Crippen MR) is 314 cm³/mol. The molecule has 7 rings (SSSR count). The van der Waals surface area contributed by atoms with Crippen LogP contribution in [0.1, 0.15) is 157 Å². The molecule has 0 bridgehead atoms. The van der Waals surface area contributed by atoms with Crippen molar-refractivity contribution in [3.63, 3.8) is 0 Å². The molecule has 2 atom stereocenters. The molecule has 0 saturated carbocycles. The summed E-state index contributed by atoms with van der Waals surface area (Å²) in [6, 6.07) is 50.2. The fraction of sp³-hybridized carbons (Fsp3) is 0.441. The highest BCUT2D eigenvalue weighted by Crippen LogP contribution is 2.52.